The molecule has 33 heavy (non-hydrogen) atoms. The molecule has 6 bridgehead atoms. The number of ether oxygens (including phenoxy) is 3. The molecule has 3 aliphatic heterocycles. The zero-order valence-corrected chi connectivity index (χ0v) is 18.7. The SMILES string of the molecule is COc1ccc2cc1OCCN(C(C)=O)CC(=O)NCCOc1ccc3c(c1)NC(=O)CC23. The molecular weight excluding hydrogens is 426 g/mol. The molecule has 2 aromatic rings. The van der Waals surface area contributed by atoms with Crippen LogP contribution in [0.1, 0.15) is 30.4 Å². The van der Waals surface area contributed by atoms with E-state index in [1.165, 1.54) is 11.8 Å². The number of rotatable bonds is 1. The standard InChI is InChI=1S/C24H27N3O6/c1-15(28)27-8-10-33-22-11-16(3-6-21(22)31-2)19-13-23(29)26-20-12-17(4-5-18(19)20)32-9-7-25-24(30)14-27/h3-6,11-12,19H,7-10,13-14H2,1-2H3,(H,25,30)(H,26,29). The second kappa shape index (κ2) is 9.81. The number of nitrogens with zero attached hydrogens (tertiary/aromatic N) is 1. The average molecular weight is 453 g/mol. The molecule has 0 saturated carbocycles. The Labute approximate surface area is 192 Å². The van der Waals surface area contributed by atoms with Crippen LogP contribution in [0.3, 0.4) is 0 Å². The molecule has 5 rings (SSSR count). The molecule has 2 aromatic carbocycles. The summed E-state index contributed by atoms with van der Waals surface area (Å²) in [5, 5.41) is 5.67. The Balaban J connectivity index is 1.70. The second-order valence-electron chi connectivity index (χ2n) is 7.95. The van der Waals surface area contributed by atoms with Crippen LogP contribution in [0.15, 0.2) is 36.4 Å². The fourth-order valence-electron chi connectivity index (χ4n) is 4.06. The Morgan fingerprint density at radius 2 is 1.94 bits per heavy atom. The minimum Gasteiger partial charge on any atom is -0.493 e. The van der Waals surface area contributed by atoms with Gasteiger partial charge in [0.05, 0.1) is 26.7 Å². The number of nitrogens with one attached hydrogen (secondary N) is 2. The Morgan fingerprint density at radius 3 is 2.73 bits per heavy atom. The monoisotopic (exact) mass is 453 g/mol. The van der Waals surface area contributed by atoms with Gasteiger partial charge in [-0.25, -0.2) is 0 Å². The first kappa shape index (κ1) is 22.4. The first-order chi connectivity index (χ1) is 15.9. The van der Waals surface area contributed by atoms with Crippen LogP contribution in [-0.4, -0.2) is 62.6 Å². The lowest BCUT2D eigenvalue weighted by atomic mass is 9.84. The Bertz CT molecular complexity index is 1070. The average Bonchev–Trinajstić information content (AvgIpc) is 2.79. The third kappa shape index (κ3) is 5.19. The van der Waals surface area contributed by atoms with Crippen molar-refractivity contribution in [2.75, 3.05) is 45.3 Å². The largest absolute Gasteiger partial charge is 0.493 e. The fraction of sp³-hybridized carbons (Fsp3) is 0.375. The topological polar surface area (TPSA) is 106 Å². The van der Waals surface area contributed by atoms with Gasteiger partial charge < -0.3 is 29.7 Å². The van der Waals surface area contributed by atoms with Crippen molar-refractivity contribution >= 4 is 23.4 Å². The van der Waals surface area contributed by atoms with Crippen molar-refractivity contribution in [2.24, 2.45) is 0 Å². The van der Waals surface area contributed by atoms with Gasteiger partial charge in [0.15, 0.2) is 11.5 Å². The molecule has 3 heterocycles. The highest BCUT2D eigenvalue weighted by Crippen LogP contribution is 2.41. The number of carbonyl (C=O) groups excluding carboxylic acids is 3. The van der Waals surface area contributed by atoms with E-state index < -0.39 is 0 Å². The highest BCUT2D eigenvalue weighted by atomic mass is 16.5. The van der Waals surface area contributed by atoms with Crippen LogP contribution < -0.4 is 24.8 Å². The Morgan fingerprint density at radius 1 is 1.09 bits per heavy atom. The molecule has 9 nitrogen and oxygen atoms in total. The molecule has 0 spiro atoms. The van der Waals surface area contributed by atoms with Crippen molar-refractivity contribution in [3.8, 4) is 17.2 Å². The van der Waals surface area contributed by atoms with Gasteiger partial charge >= 0.3 is 0 Å². The molecule has 2 N–H and O–H groups in total. The minimum absolute atomic E-state index is 0.0666. The summed E-state index contributed by atoms with van der Waals surface area (Å²) in [7, 11) is 1.55. The van der Waals surface area contributed by atoms with E-state index in [2.05, 4.69) is 10.6 Å². The lowest BCUT2D eigenvalue weighted by Crippen LogP contribution is -2.42. The molecule has 3 amide bonds. The Hall–Kier alpha value is -3.75. The van der Waals surface area contributed by atoms with Gasteiger partial charge in [0.2, 0.25) is 17.7 Å². The number of anilines is 1. The number of hydrogen-bond acceptors (Lipinski definition) is 6. The highest BCUT2D eigenvalue weighted by Gasteiger charge is 2.28. The lowest BCUT2D eigenvalue weighted by Gasteiger charge is -2.27. The summed E-state index contributed by atoms with van der Waals surface area (Å²) in [6, 6.07) is 11.2. The predicted octanol–water partition coefficient (Wildman–Crippen LogP) is 1.91. The van der Waals surface area contributed by atoms with Crippen molar-refractivity contribution in [3.63, 3.8) is 0 Å². The maximum atomic E-state index is 12.5. The molecule has 0 fully saturated rings. The molecule has 3 aliphatic rings. The zero-order chi connectivity index (χ0) is 23.4. The quantitative estimate of drug-likeness (QED) is 0.639. The van der Waals surface area contributed by atoms with Crippen LogP contribution in [-0.2, 0) is 14.4 Å². The van der Waals surface area contributed by atoms with Crippen LogP contribution in [0.4, 0.5) is 5.69 Å². The van der Waals surface area contributed by atoms with E-state index in [9.17, 15) is 14.4 Å². The summed E-state index contributed by atoms with van der Waals surface area (Å²) in [5.74, 6) is 0.912. The number of amides is 3. The van der Waals surface area contributed by atoms with E-state index in [1.807, 2.05) is 30.3 Å². The van der Waals surface area contributed by atoms with Gasteiger partial charge in [0.25, 0.3) is 0 Å². The van der Waals surface area contributed by atoms with Crippen molar-refractivity contribution < 1.29 is 28.6 Å². The van der Waals surface area contributed by atoms with E-state index in [-0.39, 0.29) is 56.5 Å². The summed E-state index contributed by atoms with van der Waals surface area (Å²) < 4.78 is 17.1. The van der Waals surface area contributed by atoms with Crippen LogP contribution in [0.25, 0.3) is 0 Å². The van der Waals surface area contributed by atoms with Crippen LogP contribution >= 0.6 is 0 Å². The van der Waals surface area contributed by atoms with E-state index >= 15 is 0 Å². The summed E-state index contributed by atoms with van der Waals surface area (Å²) >= 11 is 0. The molecule has 1 atom stereocenters. The summed E-state index contributed by atoms with van der Waals surface area (Å²) in [5.41, 5.74) is 2.60. The van der Waals surface area contributed by atoms with E-state index in [0.717, 1.165) is 11.1 Å². The Kier molecular flexibility index (Phi) is 6.67. The third-order valence-corrected chi connectivity index (χ3v) is 5.75. The number of methoxy groups -OCH3 is 1. The molecule has 0 radical (unpaired) electrons. The van der Waals surface area contributed by atoms with Gasteiger partial charge in [-0.2, -0.15) is 0 Å². The molecule has 1 unspecified atom stereocenters. The van der Waals surface area contributed by atoms with Crippen molar-refractivity contribution in [3.05, 3.63) is 47.5 Å². The van der Waals surface area contributed by atoms with Crippen molar-refractivity contribution in [1.29, 1.82) is 0 Å². The highest BCUT2D eigenvalue weighted by molar-refractivity contribution is 5.95. The maximum absolute atomic E-state index is 12.5. The summed E-state index contributed by atoms with van der Waals surface area (Å²) in [4.78, 5) is 38.1. The third-order valence-electron chi connectivity index (χ3n) is 5.75. The van der Waals surface area contributed by atoms with Gasteiger partial charge in [0, 0.05) is 31.0 Å². The summed E-state index contributed by atoms with van der Waals surface area (Å²) in [6.07, 6.45) is 0.309. The van der Waals surface area contributed by atoms with Gasteiger partial charge in [-0.1, -0.05) is 12.1 Å². The molecule has 0 saturated heterocycles. The molecule has 0 aliphatic carbocycles. The fourth-order valence-corrected chi connectivity index (χ4v) is 4.06. The smallest absolute Gasteiger partial charge is 0.239 e. The zero-order valence-electron chi connectivity index (χ0n) is 18.7. The van der Waals surface area contributed by atoms with Crippen molar-refractivity contribution in [2.45, 2.75) is 19.3 Å². The van der Waals surface area contributed by atoms with Gasteiger partial charge in [0.1, 0.15) is 19.0 Å². The number of carbonyl (C=O) groups is 3. The van der Waals surface area contributed by atoms with Crippen molar-refractivity contribution in [1.82, 2.24) is 10.2 Å². The van der Waals surface area contributed by atoms with Gasteiger partial charge in [-0.05, 0) is 29.3 Å². The predicted molar refractivity (Wildman–Crippen MR) is 121 cm³/mol. The minimum atomic E-state index is -0.282. The van der Waals surface area contributed by atoms with E-state index in [0.29, 0.717) is 29.4 Å². The number of hydrogen-bond donors (Lipinski definition) is 2. The first-order valence-corrected chi connectivity index (χ1v) is 10.8. The first-order valence-electron chi connectivity index (χ1n) is 10.8. The van der Waals surface area contributed by atoms with Gasteiger partial charge in [-0.3, -0.25) is 14.4 Å². The summed E-state index contributed by atoms with van der Waals surface area (Å²) in [6.45, 7) is 2.31. The molecular formula is C24H27N3O6. The molecule has 0 aromatic heterocycles. The van der Waals surface area contributed by atoms with Crippen LogP contribution in [0.5, 0.6) is 17.2 Å². The maximum Gasteiger partial charge on any atom is 0.239 e. The van der Waals surface area contributed by atoms with Gasteiger partial charge in [-0.15, -0.1) is 0 Å². The normalized spacial score (nSPS) is 18.7. The van der Waals surface area contributed by atoms with Crippen LogP contribution in [0.2, 0.25) is 0 Å². The lowest BCUT2D eigenvalue weighted by molar-refractivity contribution is -0.134. The second-order valence-corrected chi connectivity index (χ2v) is 7.95. The molecule has 9 heteroatoms. The molecule has 174 valence electrons. The van der Waals surface area contributed by atoms with Crippen LogP contribution in [0, 0.1) is 0 Å². The number of benzene rings is 2. The number of fused-ring (bicyclic) bond motifs is 10. The van der Waals surface area contributed by atoms with E-state index in [4.69, 9.17) is 14.2 Å². The van der Waals surface area contributed by atoms with E-state index in [1.54, 1.807) is 13.2 Å².